The molecule has 118 valence electrons. The van der Waals surface area contributed by atoms with Gasteiger partial charge in [-0.05, 0) is 43.4 Å². The van der Waals surface area contributed by atoms with E-state index in [1.165, 1.54) is 23.6 Å². The maximum absolute atomic E-state index is 12.6. The summed E-state index contributed by atoms with van der Waals surface area (Å²) >= 11 is 0. The van der Waals surface area contributed by atoms with Crippen LogP contribution in [-0.4, -0.2) is 26.3 Å². The van der Waals surface area contributed by atoms with Crippen molar-refractivity contribution < 1.29 is 8.42 Å². The average molecular weight is 310 g/mol. The Morgan fingerprint density at radius 2 is 1.76 bits per heavy atom. The molecule has 1 saturated carbocycles. The molecule has 0 heterocycles. The Morgan fingerprint density at radius 3 is 2.29 bits per heavy atom. The van der Waals surface area contributed by atoms with Gasteiger partial charge in [0.25, 0.3) is 0 Å². The zero-order valence-electron chi connectivity index (χ0n) is 13.0. The van der Waals surface area contributed by atoms with Gasteiger partial charge >= 0.3 is 0 Å². The molecule has 1 atom stereocenters. The highest BCUT2D eigenvalue weighted by atomic mass is 32.2. The van der Waals surface area contributed by atoms with Gasteiger partial charge in [-0.2, -0.15) is 0 Å². The van der Waals surface area contributed by atoms with Gasteiger partial charge in [0.15, 0.2) is 0 Å². The first-order valence-electron chi connectivity index (χ1n) is 7.73. The van der Waals surface area contributed by atoms with E-state index in [2.05, 4.69) is 0 Å². The molecule has 2 N–H and O–H groups in total. The Balaban J connectivity index is 2.08. The first-order valence-corrected chi connectivity index (χ1v) is 9.17. The molecule has 1 aromatic carbocycles. The van der Waals surface area contributed by atoms with Crippen molar-refractivity contribution in [2.75, 3.05) is 13.6 Å². The standard InChI is InChI=1S/C16H26N2O2S/c1-13(17)15-8-10-16(11-9-15)21(19,20)18(2)12-14-6-4-3-5-7-14/h8-11,13-14H,3-7,12,17H2,1-2H3. The minimum atomic E-state index is -3.39. The van der Waals surface area contributed by atoms with E-state index in [9.17, 15) is 8.42 Å². The van der Waals surface area contributed by atoms with Crippen molar-refractivity contribution in [1.29, 1.82) is 0 Å². The van der Waals surface area contributed by atoms with Gasteiger partial charge in [-0.15, -0.1) is 0 Å². The van der Waals surface area contributed by atoms with Gasteiger partial charge in [-0.3, -0.25) is 0 Å². The fourth-order valence-corrected chi connectivity index (χ4v) is 4.20. The van der Waals surface area contributed by atoms with Gasteiger partial charge < -0.3 is 5.73 Å². The van der Waals surface area contributed by atoms with Crippen molar-refractivity contribution in [2.24, 2.45) is 11.7 Å². The third kappa shape index (κ3) is 4.05. The Bertz CT molecular complexity index is 546. The summed E-state index contributed by atoms with van der Waals surface area (Å²) in [5, 5.41) is 0. The molecular formula is C16H26N2O2S. The highest BCUT2D eigenvalue weighted by Crippen LogP contribution is 2.26. The second kappa shape index (κ2) is 6.90. The minimum absolute atomic E-state index is 0.0817. The van der Waals surface area contributed by atoms with E-state index in [1.807, 2.05) is 6.92 Å². The molecule has 1 unspecified atom stereocenters. The van der Waals surface area contributed by atoms with Crippen LogP contribution in [0.3, 0.4) is 0 Å². The van der Waals surface area contributed by atoms with Crippen LogP contribution in [0.25, 0.3) is 0 Å². The number of benzene rings is 1. The lowest BCUT2D eigenvalue weighted by Gasteiger charge is -2.26. The Morgan fingerprint density at radius 1 is 1.19 bits per heavy atom. The largest absolute Gasteiger partial charge is 0.324 e. The van der Waals surface area contributed by atoms with Crippen LogP contribution in [0.15, 0.2) is 29.2 Å². The smallest absolute Gasteiger partial charge is 0.242 e. The quantitative estimate of drug-likeness (QED) is 0.909. The van der Waals surface area contributed by atoms with Crippen molar-refractivity contribution in [3.05, 3.63) is 29.8 Å². The lowest BCUT2D eigenvalue weighted by molar-refractivity contribution is 0.300. The molecule has 1 aliphatic carbocycles. The molecule has 5 heteroatoms. The van der Waals surface area contributed by atoms with E-state index < -0.39 is 10.0 Å². The summed E-state index contributed by atoms with van der Waals surface area (Å²) in [6, 6.07) is 6.83. The highest BCUT2D eigenvalue weighted by Gasteiger charge is 2.24. The second-order valence-corrected chi connectivity index (χ2v) is 8.19. The van der Waals surface area contributed by atoms with Gasteiger partial charge in [-0.25, -0.2) is 12.7 Å². The molecule has 1 fully saturated rings. The van der Waals surface area contributed by atoms with Gasteiger partial charge in [-0.1, -0.05) is 31.4 Å². The van der Waals surface area contributed by atoms with Crippen LogP contribution in [0.5, 0.6) is 0 Å². The molecule has 0 spiro atoms. The molecule has 2 rings (SSSR count). The van der Waals surface area contributed by atoms with Crippen LogP contribution >= 0.6 is 0 Å². The summed E-state index contributed by atoms with van der Waals surface area (Å²) in [6.45, 7) is 2.51. The van der Waals surface area contributed by atoms with Crippen LogP contribution in [0, 0.1) is 5.92 Å². The summed E-state index contributed by atoms with van der Waals surface area (Å²) < 4.78 is 26.7. The van der Waals surface area contributed by atoms with E-state index in [-0.39, 0.29) is 6.04 Å². The predicted octanol–water partition coefficient (Wildman–Crippen LogP) is 2.91. The lowest BCUT2D eigenvalue weighted by atomic mass is 9.89. The van der Waals surface area contributed by atoms with Crippen LogP contribution in [0.4, 0.5) is 0 Å². The summed E-state index contributed by atoms with van der Waals surface area (Å²) in [5.41, 5.74) is 6.74. The second-order valence-electron chi connectivity index (χ2n) is 6.15. The first-order chi connectivity index (χ1) is 9.91. The van der Waals surface area contributed by atoms with Crippen LogP contribution in [-0.2, 0) is 10.0 Å². The maximum atomic E-state index is 12.6. The molecule has 0 aromatic heterocycles. The number of sulfonamides is 1. The molecule has 0 radical (unpaired) electrons. The van der Waals surface area contributed by atoms with Crippen molar-refractivity contribution in [3.63, 3.8) is 0 Å². The maximum Gasteiger partial charge on any atom is 0.242 e. The number of hydrogen-bond acceptors (Lipinski definition) is 3. The van der Waals surface area contributed by atoms with E-state index in [0.717, 1.165) is 18.4 Å². The number of rotatable bonds is 5. The third-order valence-electron chi connectivity index (χ3n) is 4.35. The fraction of sp³-hybridized carbons (Fsp3) is 0.625. The number of hydrogen-bond donors (Lipinski definition) is 1. The lowest BCUT2D eigenvalue weighted by Crippen LogP contribution is -2.32. The molecule has 1 aromatic rings. The summed E-state index contributed by atoms with van der Waals surface area (Å²) in [4.78, 5) is 0.352. The molecule has 1 aliphatic rings. The van der Waals surface area contributed by atoms with Crippen molar-refractivity contribution in [3.8, 4) is 0 Å². The molecular weight excluding hydrogens is 284 g/mol. The van der Waals surface area contributed by atoms with Gasteiger partial charge in [0, 0.05) is 19.6 Å². The molecule has 0 amide bonds. The molecule has 0 bridgehead atoms. The van der Waals surface area contributed by atoms with Crippen LogP contribution in [0.2, 0.25) is 0 Å². The summed E-state index contributed by atoms with van der Waals surface area (Å²) in [7, 11) is -1.70. The number of nitrogens with two attached hydrogens (primary N) is 1. The van der Waals surface area contributed by atoms with E-state index in [4.69, 9.17) is 5.73 Å². The normalized spacial score (nSPS) is 18.9. The van der Waals surface area contributed by atoms with Crippen LogP contribution < -0.4 is 5.73 Å². The third-order valence-corrected chi connectivity index (χ3v) is 6.19. The van der Waals surface area contributed by atoms with Gasteiger partial charge in [0.1, 0.15) is 0 Å². The zero-order valence-corrected chi connectivity index (χ0v) is 13.8. The van der Waals surface area contributed by atoms with Crippen LogP contribution in [0.1, 0.15) is 50.6 Å². The highest BCUT2D eigenvalue weighted by molar-refractivity contribution is 7.89. The van der Waals surface area contributed by atoms with Gasteiger partial charge in [0.2, 0.25) is 10.0 Å². The Labute approximate surface area is 128 Å². The Hall–Kier alpha value is -0.910. The van der Waals surface area contributed by atoms with Crippen molar-refractivity contribution in [2.45, 2.75) is 50.0 Å². The topological polar surface area (TPSA) is 63.4 Å². The predicted molar refractivity (Wildman–Crippen MR) is 85.4 cm³/mol. The van der Waals surface area contributed by atoms with E-state index >= 15 is 0 Å². The van der Waals surface area contributed by atoms with Crippen molar-refractivity contribution >= 4 is 10.0 Å². The molecule has 4 nitrogen and oxygen atoms in total. The summed E-state index contributed by atoms with van der Waals surface area (Å²) in [5.74, 6) is 0.502. The zero-order chi connectivity index (χ0) is 15.5. The molecule has 0 aliphatic heterocycles. The fourth-order valence-electron chi connectivity index (χ4n) is 2.95. The van der Waals surface area contributed by atoms with Gasteiger partial charge in [0.05, 0.1) is 4.90 Å². The SMILES string of the molecule is CC(N)c1ccc(S(=O)(=O)N(C)CC2CCCCC2)cc1. The monoisotopic (exact) mass is 310 g/mol. The average Bonchev–Trinajstić information content (AvgIpc) is 2.48. The number of nitrogens with zero attached hydrogens (tertiary/aromatic N) is 1. The van der Waals surface area contributed by atoms with E-state index in [0.29, 0.717) is 17.4 Å². The van der Waals surface area contributed by atoms with E-state index in [1.54, 1.807) is 31.3 Å². The first kappa shape index (κ1) is 16.5. The minimum Gasteiger partial charge on any atom is -0.324 e. The summed E-state index contributed by atoms with van der Waals surface area (Å²) in [6.07, 6.45) is 6.02. The molecule has 21 heavy (non-hydrogen) atoms. The van der Waals surface area contributed by atoms with Crippen molar-refractivity contribution in [1.82, 2.24) is 4.31 Å². The Kier molecular flexibility index (Phi) is 5.41. The molecule has 0 saturated heterocycles.